The standard InChI is InChI=1S/C13H14N2O.ClH/c1-16-13-8-11(15)6-7-12(13)9-2-4-10(14)5-3-9;/h2-8H,14-15H2,1H3;1H. The van der Waals surface area contributed by atoms with Gasteiger partial charge in [0, 0.05) is 23.0 Å². The van der Waals surface area contributed by atoms with Crippen LogP contribution in [0, 0.1) is 0 Å². The van der Waals surface area contributed by atoms with E-state index in [0.717, 1.165) is 22.6 Å². The first kappa shape index (κ1) is 13.2. The van der Waals surface area contributed by atoms with Crippen LogP contribution in [-0.4, -0.2) is 7.11 Å². The van der Waals surface area contributed by atoms with E-state index in [1.165, 1.54) is 0 Å². The van der Waals surface area contributed by atoms with E-state index in [4.69, 9.17) is 16.2 Å². The molecule has 0 aromatic heterocycles. The van der Waals surface area contributed by atoms with Crippen molar-refractivity contribution in [2.24, 2.45) is 0 Å². The molecule has 0 heterocycles. The van der Waals surface area contributed by atoms with Crippen LogP contribution in [0.3, 0.4) is 0 Å². The van der Waals surface area contributed by atoms with Gasteiger partial charge in [-0.15, -0.1) is 12.4 Å². The van der Waals surface area contributed by atoms with Gasteiger partial charge in [0.2, 0.25) is 0 Å². The van der Waals surface area contributed by atoms with Gasteiger partial charge in [0.15, 0.2) is 0 Å². The predicted molar refractivity (Wildman–Crippen MR) is 74.5 cm³/mol. The molecule has 0 bridgehead atoms. The normalized spacial score (nSPS) is 9.47. The van der Waals surface area contributed by atoms with E-state index in [0.29, 0.717) is 5.69 Å². The average Bonchev–Trinajstić information content (AvgIpc) is 2.30. The molecule has 0 atom stereocenters. The summed E-state index contributed by atoms with van der Waals surface area (Å²) in [4.78, 5) is 0. The summed E-state index contributed by atoms with van der Waals surface area (Å²) < 4.78 is 5.30. The number of halogens is 1. The number of hydrogen-bond donors (Lipinski definition) is 2. The van der Waals surface area contributed by atoms with E-state index in [-0.39, 0.29) is 12.4 Å². The van der Waals surface area contributed by atoms with Crippen molar-refractivity contribution in [2.75, 3.05) is 18.6 Å². The van der Waals surface area contributed by atoms with Crippen LogP contribution in [0.1, 0.15) is 0 Å². The quantitative estimate of drug-likeness (QED) is 0.806. The monoisotopic (exact) mass is 250 g/mol. The van der Waals surface area contributed by atoms with Gasteiger partial charge in [-0.2, -0.15) is 0 Å². The van der Waals surface area contributed by atoms with Crippen molar-refractivity contribution in [1.82, 2.24) is 0 Å². The molecule has 3 nitrogen and oxygen atoms in total. The third-order valence-corrected chi connectivity index (χ3v) is 2.45. The Bertz CT molecular complexity index is 497. The second-order valence-electron chi connectivity index (χ2n) is 3.58. The fraction of sp³-hybridized carbons (Fsp3) is 0.0769. The average molecular weight is 251 g/mol. The Labute approximate surface area is 107 Å². The van der Waals surface area contributed by atoms with Crippen LogP contribution in [0.15, 0.2) is 42.5 Å². The molecular formula is C13H15ClN2O. The van der Waals surface area contributed by atoms with Crippen molar-refractivity contribution in [2.45, 2.75) is 0 Å². The molecule has 2 aromatic carbocycles. The Balaban J connectivity index is 0.00000144. The van der Waals surface area contributed by atoms with Gasteiger partial charge in [-0.1, -0.05) is 12.1 Å². The third kappa shape index (κ3) is 2.82. The lowest BCUT2D eigenvalue weighted by atomic mass is 10.0. The molecule has 0 spiro atoms. The first-order valence-corrected chi connectivity index (χ1v) is 5.00. The number of nitrogens with two attached hydrogens (primary N) is 2. The van der Waals surface area contributed by atoms with Crippen LogP contribution >= 0.6 is 12.4 Å². The fourth-order valence-corrected chi connectivity index (χ4v) is 1.61. The first-order valence-electron chi connectivity index (χ1n) is 5.00. The van der Waals surface area contributed by atoms with E-state index >= 15 is 0 Å². The highest BCUT2D eigenvalue weighted by molar-refractivity contribution is 5.85. The van der Waals surface area contributed by atoms with E-state index in [1.54, 1.807) is 7.11 Å². The van der Waals surface area contributed by atoms with Gasteiger partial charge in [0.25, 0.3) is 0 Å². The molecule has 90 valence electrons. The Morgan fingerprint density at radius 2 is 1.47 bits per heavy atom. The van der Waals surface area contributed by atoms with Gasteiger partial charge in [-0.25, -0.2) is 0 Å². The molecule has 0 aliphatic heterocycles. The molecule has 4 N–H and O–H groups in total. The van der Waals surface area contributed by atoms with Crippen molar-refractivity contribution in [3.05, 3.63) is 42.5 Å². The number of methoxy groups -OCH3 is 1. The Kier molecular flexibility index (Phi) is 4.24. The number of hydrogen-bond acceptors (Lipinski definition) is 3. The Morgan fingerprint density at radius 3 is 2.06 bits per heavy atom. The second kappa shape index (κ2) is 5.46. The maximum Gasteiger partial charge on any atom is 0.128 e. The molecule has 0 aliphatic rings. The highest BCUT2D eigenvalue weighted by Crippen LogP contribution is 2.31. The lowest BCUT2D eigenvalue weighted by molar-refractivity contribution is 0.416. The first-order chi connectivity index (χ1) is 7.70. The van der Waals surface area contributed by atoms with Crippen LogP contribution in [0.2, 0.25) is 0 Å². The van der Waals surface area contributed by atoms with Crippen molar-refractivity contribution < 1.29 is 4.74 Å². The molecular weight excluding hydrogens is 236 g/mol. The summed E-state index contributed by atoms with van der Waals surface area (Å²) in [6.07, 6.45) is 0. The van der Waals surface area contributed by atoms with Gasteiger partial charge in [-0.3, -0.25) is 0 Å². The number of ether oxygens (including phenoxy) is 1. The van der Waals surface area contributed by atoms with Gasteiger partial charge in [-0.05, 0) is 29.8 Å². The van der Waals surface area contributed by atoms with E-state index < -0.39 is 0 Å². The largest absolute Gasteiger partial charge is 0.496 e. The minimum atomic E-state index is 0. The Hall–Kier alpha value is -1.87. The fourth-order valence-electron chi connectivity index (χ4n) is 1.61. The van der Waals surface area contributed by atoms with Crippen LogP contribution in [0.4, 0.5) is 11.4 Å². The van der Waals surface area contributed by atoms with Crippen LogP contribution in [0.25, 0.3) is 11.1 Å². The molecule has 0 radical (unpaired) electrons. The van der Waals surface area contributed by atoms with Gasteiger partial charge >= 0.3 is 0 Å². The minimum absolute atomic E-state index is 0. The highest BCUT2D eigenvalue weighted by Gasteiger charge is 2.05. The molecule has 0 unspecified atom stereocenters. The summed E-state index contributed by atoms with van der Waals surface area (Å²) in [5.74, 6) is 0.768. The summed E-state index contributed by atoms with van der Waals surface area (Å²) in [7, 11) is 1.63. The number of benzene rings is 2. The zero-order valence-corrected chi connectivity index (χ0v) is 10.3. The lowest BCUT2D eigenvalue weighted by Crippen LogP contribution is -1.91. The topological polar surface area (TPSA) is 61.3 Å². The smallest absolute Gasteiger partial charge is 0.128 e. The number of rotatable bonds is 2. The molecule has 2 aromatic rings. The minimum Gasteiger partial charge on any atom is -0.496 e. The molecule has 0 amide bonds. The summed E-state index contributed by atoms with van der Waals surface area (Å²) in [5.41, 5.74) is 14.9. The SMILES string of the molecule is COc1cc(N)ccc1-c1ccc(N)cc1.Cl. The second-order valence-corrected chi connectivity index (χ2v) is 3.58. The molecule has 0 fully saturated rings. The molecule has 0 aliphatic carbocycles. The lowest BCUT2D eigenvalue weighted by Gasteiger charge is -2.09. The van der Waals surface area contributed by atoms with Crippen molar-refractivity contribution >= 4 is 23.8 Å². The van der Waals surface area contributed by atoms with E-state index in [2.05, 4.69) is 0 Å². The maximum absolute atomic E-state index is 5.71. The zero-order valence-electron chi connectivity index (χ0n) is 9.51. The summed E-state index contributed by atoms with van der Waals surface area (Å²) in [6.45, 7) is 0. The zero-order chi connectivity index (χ0) is 11.5. The van der Waals surface area contributed by atoms with Crippen molar-refractivity contribution in [3.63, 3.8) is 0 Å². The molecule has 0 saturated carbocycles. The van der Waals surface area contributed by atoms with Crippen LogP contribution in [-0.2, 0) is 0 Å². The summed E-state index contributed by atoms with van der Waals surface area (Å²) in [5, 5.41) is 0. The van der Waals surface area contributed by atoms with Crippen LogP contribution in [0.5, 0.6) is 5.75 Å². The summed E-state index contributed by atoms with van der Waals surface area (Å²) in [6, 6.07) is 13.3. The van der Waals surface area contributed by atoms with Gasteiger partial charge < -0.3 is 16.2 Å². The molecule has 0 saturated heterocycles. The molecule has 17 heavy (non-hydrogen) atoms. The number of nitrogen functional groups attached to an aromatic ring is 2. The summed E-state index contributed by atoms with van der Waals surface area (Å²) >= 11 is 0. The van der Waals surface area contributed by atoms with E-state index in [9.17, 15) is 0 Å². The van der Waals surface area contributed by atoms with Gasteiger partial charge in [0.05, 0.1) is 7.11 Å². The number of anilines is 2. The Morgan fingerprint density at radius 1 is 0.882 bits per heavy atom. The highest BCUT2D eigenvalue weighted by atomic mass is 35.5. The van der Waals surface area contributed by atoms with Gasteiger partial charge in [0.1, 0.15) is 5.75 Å². The van der Waals surface area contributed by atoms with E-state index in [1.807, 2.05) is 42.5 Å². The predicted octanol–water partition coefficient (Wildman–Crippen LogP) is 2.95. The maximum atomic E-state index is 5.71. The molecule has 2 rings (SSSR count). The molecule has 4 heteroatoms. The van der Waals surface area contributed by atoms with Crippen molar-refractivity contribution in [3.8, 4) is 16.9 Å². The van der Waals surface area contributed by atoms with Crippen LogP contribution < -0.4 is 16.2 Å². The van der Waals surface area contributed by atoms with Crippen molar-refractivity contribution in [1.29, 1.82) is 0 Å². The third-order valence-electron chi connectivity index (χ3n) is 2.45.